The molecule has 2 atom stereocenters. The zero-order valence-corrected chi connectivity index (χ0v) is 15.3. The van der Waals surface area contributed by atoms with Gasteiger partial charge >= 0.3 is 12.1 Å². The summed E-state index contributed by atoms with van der Waals surface area (Å²) in [6, 6.07) is 5.50. The maximum atomic E-state index is 12.3. The second-order valence-corrected chi connectivity index (χ2v) is 7.07. The molecular formula is C18H24N2O6. The second kappa shape index (κ2) is 7.63. The fraction of sp³-hybridized carbons (Fsp3) is 0.500. The third-order valence-electron chi connectivity index (χ3n) is 3.82. The molecule has 142 valence electrons. The number of ether oxygens (including phenoxy) is 2. The highest BCUT2D eigenvalue weighted by Gasteiger charge is 2.42. The highest BCUT2D eigenvalue weighted by atomic mass is 16.6. The highest BCUT2D eigenvalue weighted by molar-refractivity contribution is 5.94. The summed E-state index contributed by atoms with van der Waals surface area (Å²) in [4.78, 5) is 36.5. The molecule has 1 aromatic rings. The first-order chi connectivity index (χ1) is 12.1. The van der Waals surface area contributed by atoms with E-state index in [0.717, 1.165) is 0 Å². The molecule has 2 N–H and O–H groups in total. The Bertz CT molecular complexity index is 680. The maximum Gasteiger partial charge on any atom is 0.411 e. The van der Waals surface area contributed by atoms with Crippen LogP contribution in [0.3, 0.4) is 0 Å². The van der Waals surface area contributed by atoms with Crippen molar-refractivity contribution in [1.82, 2.24) is 10.2 Å². The average Bonchev–Trinajstić information content (AvgIpc) is 2.97. The molecule has 8 heteroatoms. The molecule has 26 heavy (non-hydrogen) atoms. The summed E-state index contributed by atoms with van der Waals surface area (Å²) in [5.41, 5.74) is -0.223. The van der Waals surface area contributed by atoms with E-state index in [0.29, 0.717) is 11.3 Å². The molecule has 0 bridgehead atoms. The quantitative estimate of drug-likeness (QED) is 0.845. The smallest absolute Gasteiger partial charge is 0.411 e. The molecule has 2 amide bonds. The number of carboxylic acids is 1. The number of amides is 2. The molecule has 0 saturated carbocycles. The van der Waals surface area contributed by atoms with E-state index in [2.05, 4.69) is 5.32 Å². The summed E-state index contributed by atoms with van der Waals surface area (Å²) in [6.45, 7) is 5.28. The molecule has 0 radical (unpaired) electrons. The number of rotatable bonds is 4. The second-order valence-electron chi connectivity index (χ2n) is 7.07. The molecule has 1 aliphatic rings. The standard InChI is InChI=1S/C18H24N2O6/c1-18(2,3)26-17(24)20-10-13(9-14(20)16(22)23)25-12-7-5-11(6-8-12)15(21)19-4/h5-8,13-14H,9-10H2,1-4H3,(H,19,21)(H,22,23)/t13-,14+/m1/s1. The molecule has 1 fully saturated rings. The van der Waals surface area contributed by atoms with Gasteiger partial charge in [-0.1, -0.05) is 0 Å². The molecular weight excluding hydrogens is 340 g/mol. The average molecular weight is 364 g/mol. The van der Waals surface area contributed by atoms with Crippen LogP contribution in [0.4, 0.5) is 4.79 Å². The van der Waals surface area contributed by atoms with Crippen LogP contribution in [0, 0.1) is 0 Å². The van der Waals surface area contributed by atoms with Crippen LogP contribution >= 0.6 is 0 Å². The fourth-order valence-corrected chi connectivity index (χ4v) is 2.66. The monoisotopic (exact) mass is 364 g/mol. The van der Waals surface area contributed by atoms with Gasteiger partial charge in [0.15, 0.2) is 0 Å². The SMILES string of the molecule is CNC(=O)c1ccc(O[C@@H]2C[C@@H](C(=O)O)N(C(=O)OC(C)(C)C)C2)cc1. The third kappa shape index (κ3) is 4.87. The summed E-state index contributed by atoms with van der Waals surface area (Å²) in [5.74, 6) is -0.811. The van der Waals surface area contributed by atoms with E-state index >= 15 is 0 Å². The molecule has 0 aliphatic carbocycles. The Hall–Kier alpha value is -2.77. The Balaban J connectivity index is 2.06. The van der Waals surface area contributed by atoms with Gasteiger partial charge in [0.25, 0.3) is 5.91 Å². The molecule has 1 aliphatic heterocycles. The predicted molar refractivity (Wildman–Crippen MR) is 93.2 cm³/mol. The molecule has 0 aromatic heterocycles. The Morgan fingerprint density at radius 2 is 1.81 bits per heavy atom. The first-order valence-corrected chi connectivity index (χ1v) is 8.32. The lowest BCUT2D eigenvalue weighted by Crippen LogP contribution is -2.43. The minimum absolute atomic E-state index is 0.114. The van der Waals surface area contributed by atoms with Gasteiger partial charge in [-0.25, -0.2) is 9.59 Å². The van der Waals surface area contributed by atoms with Crippen molar-refractivity contribution in [2.45, 2.75) is 44.9 Å². The first-order valence-electron chi connectivity index (χ1n) is 8.32. The van der Waals surface area contributed by atoms with Crippen LogP contribution in [-0.2, 0) is 9.53 Å². The zero-order valence-electron chi connectivity index (χ0n) is 15.3. The van der Waals surface area contributed by atoms with Gasteiger partial charge in [0.1, 0.15) is 23.5 Å². The lowest BCUT2D eigenvalue weighted by atomic mass is 10.2. The van der Waals surface area contributed by atoms with E-state index in [1.807, 2.05) is 0 Å². The van der Waals surface area contributed by atoms with Gasteiger partial charge in [-0.05, 0) is 45.0 Å². The highest BCUT2D eigenvalue weighted by Crippen LogP contribution is 2.25. The number of nitrogens with one attached hydrogen (secondary N) is 1. The Labute approximate surface area is 152 Å². The topological polar surface area (TPSA) is 105 Å². The Kier molecular flexibility index (Phi) is 5.74. The normalized spacial score (nSPS) is 19.8. The molecule has 1 heterocycles. The minimum Gasteiger partial charge on any atom is -0.488 e. The molecule has 8 nitrogen and oxygen atoms in total. The van der Waals surface area contributed by atoms with Crippen LogP contribution < -0.4 is 10.1 Å². The van der Waals surface area contributed by atoms with Crippen molar-refractivity contribution in [2.24, 2.45) is 0 Å². The molecule has 2 rings (SSSR count). The van der Waals surface area contributed by atoms with Gasteiger partial charge in [0.2, 0.25) is 0 Å². The number of hydrogen-bond acceptors (Lipinski definition) is 5. The van der Waals surface area contributed by atoms with Crippen molar-refractivity contribution in [1.29, 1.82) is 0 Å². The van der Waals surface area contributed by atoms with Gasteiger partial charge in [-0.3, -0.25) is 9.69 Å². The van der Waals surface area contributed by atoms with Crippen molar-refractivity contribution in [3.63, 3.8) is 0 Å². The van der Waals surface area contributed by atoms with Crippen molar-refractivity contribution in [3.05, 3.63) is 29.8 Å². The minimum atomic E-state index is -1.10. The molecule has 0 spiro atoms. The van der Waals surface area contributed by atoms with E-state index in [4.69, 9.17) is 9.47 Å². The van der Waals surface area contributed by atoms with Crippen molar-refractivity contribution < 1.29 is 29.0 Å². The van der Waals surface area contributed by atoms with Crippen LogP contribution in [0.5, 0.6) is 5.75 Å². The first kappa shape index (κ1) is 19.6. The lowest BCUT2D eigenvalue weighted by molar-refractivity contribution is -0.142. The maximum absolute atomic E-state index is 12.3. The Morgan fingerprint density at radius 3 is 2.31 bits per heavy atom. The van der Waals surface area contributed by atoms with Crippen LogP contribution in [0.2, 0.25) is 0 Å². The van der Waals surface area contributed by atoms with Crippen LogP contribution in [0.15, 0.2) is 24.3 Å². The van der Waals surface area contributed by atoms with Crippen molar-refractivity contribution in [2.75, 3.05) is 13.6 Å². The van der Waals surface area contributed by atoms with Gasteiger partial charge in [0.05, 0.1) is 6.54 Å². The van der Waals surface area contributed by atoms with Gasteiger partial charge in [-0.15, -0.1) is 0 Å². The number of aliphatic carboxylic acids is 1. The molecule has 0 unspecified atom stereocenters. The van der Waals surface area contributed by atoms with Gasteiger partial charge in [0, 0.05) is 19.0 Å². The zero-order chi connectivity index (χ0) is 19.5. The number of carboxylic acid groups (broad SMARTS) is 1. The molecule has 1 saturated heterocycles. The summed E-state index contributed by atoms with van der Waals surface area (Å²) in [5, 5.41) is 11.9. The van der Waals surface area contributed by atoms with E-state index in [-0.39, 0.29) is 18.9 Å². The van der Waals surface area contributed by atoms with Crippen molar-refractivity contribution >= 4 is 18.0 Å². The largest absolute Gasteiger partial charge is 0.488 e. The van der Waals surface area contributed by atoms with Crippen LogP contribution in [-0.4, -0.2) is 59.3 Å². The number of carbonyl (C=O) groups is 3. The summed E-state index contributed by atoms with van der Waals surface area (Å²) in [6.07, 6.45) is -0.994. The predicted octanol–water partition coefficient (Wildman–Crippen LogP) is 1.89. The van der Waals surface area contributed by atoms with Crippen molar-refractivity contribution in [3.8, 4) is 5.75 Å². The third-order valence-corrected chi connectivity index (χ3v) is 3.82. The van der Waals surface area contributed by atoms with E-state index in [1.54, 1.807) is 52.1 Å². The number of nitrogens with zero attached hydrogens (tertiary/aromatic N) is 1. The Morgan fingerprint density at radius 1 is 1.19 bits per heavy atom. The summed E-state index contributed by atoms with van der Waals surface area (Å²) < 4.78 is 11.1. The number of benzene rings is 1. The number of carbonyl (C=O) groups excluding carboxylic acids is 2. The van der Waals surface area contributed by atoms with Crippen LogP contribution in [0.1, 0.15) is 37.6 Å². The number of hydrogen-bond donors (Lipinski definition) is 2. The summed E-state index contributed by atoms with van der Waals surface area (Å²) in [7, 11) is 1.54. The van der Waals surface area contributed by atoms with E-state index in [9.17, 15) is 19.5 Å². The van der Waals surface area contributed by atoms with E-state index < -0.39 is 29.8 Å². The van der Waals surface area contributed by atoms with Gasteiger partial charge in [-0.2, -0.15) is 0 Å². The van der Waals surface area contributed by atoms with E-state index in [1.165, 1.54) is 4.90 Å². The fourth-order valence-electron chi connectivity index (χ4n) is 2.66. The summed E-state index contributed by atoms with van der Waals surface area (Å²) >= 11 is 0. The lowest BCUT2D eigenvalue weighted by Gasteiger charge is -2.26. The van der Waals surface area contributed by atoms with Gasteiger partial charge < -0.3 is 19.9 Å². The molecule has 1 aromatic carbocycles. The number of likely N-dealkylation sites (tertiary alicyclic amines) is 1. The van der Waals surface area contributed by atoms with Crippen LogP contribution in [0.25, 0.3) is 0 Å².